The van der Waals surface area contributed by atoms with Crippen LogP contribution in [0.15, 0.2) is 35.4 Å². The van der Waals surface area contributed by atoms with Crippen molar-refractivity contribution in [3.05, 3.63) is 40.9 Å². The van der Waals surface area contributed by atoms with Crippen LogP contribution in [0.5, 0.6) is 11.8 Å². The van der Waals surface area contributed by atoms with E-state index < -0.39 is 0 Å². The van der Waals surface area contributed by atoms with Crippen molar-refractivity contribution in [1.29, 1.82) is 0 Å². The van der Waals surface area contributed by atoms with Crippen molar-refractivity contribution >= 4 is 16.6 Å². The SMILES string of the molecule is CCn1cc(Oc2nc3ccc(N)cc3c(=O)[nH]2)cn1. The molecule has 0 bridgehead atoms. The van der Waals surface area contributed by atoms with Gasteiger partial charge in [0, 0.05) is 12.2 Å². The minimum Gasteiger partial charge on any atom is -0.422 e. The van der Waals surface area contributed by atoms with Gasteiger partial charge in [-0.15, -0.1) is 0 Å². The van der Waals surface area contributed by atoms with Gasteiger partial charge < -0.3 is 10.5 Å². The number of nitrogens with two attached hydrogens (primary N) is 1. The second-order valence-corrected chi connectivity index (χ2v) is 4.28. The van der Waals surface area contributed by atoms with E-state index in [1.54, 1.807) is 35.3 Å². The Hall–Kier alpha value is -2.83. The Bertz CT molecular complexity index is 821. The first-order valence-electron chi connectivity index (χ1n) is 6.15. The highest BCUT2D eigenvalue weighted by Crippen LogP contribution is 2.18. The summed E-state index contributed by atoms with van der Waals surface area (Å²) in [6, 6.07) is 5.08. The zero-order chi connectivity index (χ0) is 14.1. The van der Waals surface area contributed by atoms with E-state index in [0.717, 1.165) is 6.54 Å². The molecule has 0 aliphatic rings. The van der Waals surface area contributed by atoms with Gasteiger partial charge in [0.2, 0.25) is 0 Å². The minimum atomic E-state index is -0.291. The van der Waals surface area contributed by atoms with Crippen LogP contribution < -0.4 is 16.0 Å². The van der Waals surface area contributed by atoms with Gasteiger partial charge in [-0.1, -0.05) is 0 Å². The summed E-state index contributed by atoms with van der Waals surface area (Å²) in [4.78, 5) is 18.8. The van der Waals surface area contributed by atoms with Crippen molar-refractivity contribution in [2.24, 2.45) is 0 Å². The molecule has 2 aromatic heterocycles. The van der Waals surface area contributed by atoms with Crippen LogP contribution in [0.2, 0.25) is 0 Å². The van der Waals surface area contributed by atoms with Crippen LogP contribution in [0.3, 0.4) is 0 Å². The van der Waals surface area contributed by atoms with Crippen molar-refractivity contribution in [2.45, 2.75) is 13.5 Å². The van der Waals surface area contributed by atoms with Gasteiger partial charge in [0.25, 0.3) is 5.56 Å². The van der Waals surface area contributed by atoms with Crippen LogP contribution in [0, 0.1) is 0 Å². The summed E-state index contributed by atoms with van der Waals surface area (Å²) in [5.41, 5.74) is 6.40. The Morgan fingerprint density at radius 1 is 1.45 bits per heavy atom. The van der Waals surface area contributed by atoms with Crippen LogP contribution >= 0.6 is 0 Å². The quantitative estimate of drug-likeness (QED) is 0.703. The highest BCUT2D eigenvalue weighted by molar-refractivity contribution is 5.81. The number of nitrogen functional groups attached to an aromatic ring is 1. The van der Waals surface area contributed by atoms with E-state index in [2.05, 4.69) is 15.1 Å². The molecule has 0 fully saturated rings. The fraction of sp³-hybridized carbons (Fsp3) is 0.154. The van der Waals surface area contributed by atoms with Gasteiger partial charge in [-0.3, -0.25) is 14.5 Å². The fourth-order valence-electron chi connectivity index (χ4n) is 1.87. The highest BCUT2D eigenvalue weighted by atomic mass is 16.5. The monoisotopic (exact) mass is 271 g/mol. The van der Waals surface area contributed by atoms with Crippen molar-refractivity contribution in [3.63, 3.8) is 0 Å². The summed E-state index contributed by atoms with van der Waals surface area (Å²) in [6.45, 7) is 2.71. The number of fused-ring (bicyclic) bond motifs is 1. The number of nitrogens with zero attached hydrogens (tertiary/aromatic N) is 3. The minimum absolute atomic E-state index is 0.128. The summed E-state index contributed by atoms with van der Waals surface area (Å²) in [6.07, 6.45) is 3.30. The largest absolute Gasteiger partial charge is 0.422 e. The van der Waals surface area contributed by atoms with Gasteiger partial charge in [-0.25, -0.2) is 0 Å². The molecule has 20 heavy (non-hydrogen) atoms. The number of nitrogens with one attached hydrogen (secondary N) is 1. The van der Waals surface area contributed by atoms with Gasteiger partial charge in [0.05, 0.1) is 23.3 Å². The maximum atomic E-state index is 12.0. The van der Waals surface area contributed by atoms with E-state index in [4.69, 9.17) is 10.5 Å². The second-order valence-electron chi connectivity index (χ2n) is 4.28. The molecule has 0 amide bonds. The number of ether oxygens (including phenoxy) is 1. The molecule has 3 aromatic rings. The lowest BCUT2D eigenvalue weighted by Gasteiger charge is -2.03. The first kappa shape index (κ1) is 12.2. The Morgan fingerprint density at radius 3 is 3.05 bits per heavy atom. The standard InChI is InChI=1S/C13H13N5O2/c1-2-18-7-9(6-15-18)20-13-16-11-4-3-8(14)5-10(11)12(19)17-13/h3-7H,2,14H2,1H3,(H,16,17,19). The maximum Gasteiger partial charge on any atom is 0.302 e. The molecular weight excluding hydrogens is 258 g/mol. The van der Waals surface area contributed by atoms with E-state index in [9.17, 15) is 4.79 Å². The Balaban J connectivity index is 2.00. The van der Waals surface area contributed by atoms with E-state index in [1.807, 2.05) is 6.92 Å². The normalized spacial score (nSPS) is 10.8. The number of anilines is 1. The van der Waals surface area contributed by atoms with Crippen LogP contribution in [0.4, 0.5) is 5.69 Å². The van der Waals surface area contributed by atoms with Crippen LogP contribution in [0.25, 0.3) is 10.9 Å². The van der Waals surface area contributed by atoms with Gasteiger partial charge in [0.1, 0.15) is 0 Å². The lowest BCUT2D eigenvalue weighted by molar-refractivity contribution is 0.442. The second kappa shape index (κ2) is 4.69. The molecule has 0 spiro atoms. The van der Waals surface area contributed by atoms with Gasteiger partial charge in [-0.2, -0.15) is 10.1 Å². The molecule has 0 unspecified atom stereocenters. The van der Waals surface area contributed by atoms with Crippen molar-refractivity contribution in [1.82, 2.24) is 19.7 Å². The van der Waals surface area contributed by atoms with E-state index in [0.29, 0.717) is 22.3 Å². The average molecular weight is 271 g/mol. The molecule has 3 rings (SSSR count). The van der Waals surface area contributed by atoms with E-state index in [1.165, 1.54) is 0 Å². The zero-order valence-electron chi connectivity index (χ0n) is 10.8. The number of aryl methyl sites for hydroxylation is 1. The summed E-state index contributed by atoms with van der Waals surface area (Å²) < 4.78 is 7.22. The molecule has 102 valence electrons. The van der Waals surface area contributed by atoms with Crippen molar-refractivity contribution < 1.29 is 4.74 Å². The average Bonchev–Trinajstić information content (AvgIpc) is 2.87. The zero-order valence-corrected chi connectivity index (χ0v) is 10.8. The summed E-state index contributed by atoms with van der Waals surface area (Å²) in [7, 11) is 0. The number of rotatable bonds is 3. The van der Waals surface area contributed by atoms with Crippen molar-refractivity contribution in [3.8, 4) is 11.8 Å². The fourth-order valence-corrected chi connectivity index (χ4v) is 1.87. The molecule has 7 nitrogen and oxygen atoms in total. The molecule has 0 saturated heterocycles. The van der Waals surface area contributed by atoms with Crippen LogP contribution in [-0.2, 0) is 6.54 Å². The molecule has 1 aromatic carbocycles. The third kappa shape index (κ3) is 2.20. The maximum absolute atomic E-state index is 12.0. The lowest BCUT2D eigenvalue weighted by atomic mass is 10.2. The third-order valence-corrected chi connectivity index (χ3v) is 2.86. The lowest BCUT2D eigenvalue weighted by Crippen LogP contribution is -2.09. The first-order valence-corrected chi connectivity index (χ1v) is 6.15. The number of hydrogen-bond donors (Lipinski definition) is 2. The number of hydrogen-bond acceptors (Lipinski definition) is 5. The number of aromatic amines is 1. The topological polar surface area (TPSA) is 98.8 Å². The third-order valence-electron chi connectivity index (χ3n) is 2.86. The Kier molecular flexibility index (Phi) is 2.86. The summed E-state index contributed by atoms with van der Waals surface area (Å²) in [5.74, 6) is 0.518. The molecule has 7 heteroatoms. The molecule has 0 atom stereocenters. The first-order chi connectivity index (χ1) is 9.65. The number of aromatic nitrogens is 4. The summed E-state index contributed by atoms with van der Waals surface area (Å²) in [5, 5.41) is 4.51. The number of benzene rings is 1. The molecule has 0 aliphatic heterocycles. The number of H-pyrrole nitrogens is 1. The molecule has 2 heterocycles. The Morgan fingerprint density at radius 2 is 2.30 bits per heavy atom. The van der Waals surface area contributed by atoms with Gasteiger partial charge in [0.15, 0.2) is 5.75 Å². The molecule has 0 saturated carbocycles. The molecule has 3 N–H and O–H groups in total. The molecular formula is C13H13N5O2. The van der Waals surface area contributed by atoms with Gasteiger partial charge in [-0.05, 0) is 25.1 Å². The molecule has 0 radical (unpaired) electrons. The van der Waals surface area contributed by atoms with Crippen LogP contribution in [0.1, 0.15) is 6.92 Å². The van der Waals surface area contributed by atoms with Crippen molar-refractivity contribution in [2.75, 3.05) is 5.73 Å². The summed E-state index contributed by atoms with van der Waals surface area (Å²) >= 11 is 0. The van der Waals surface area contributed by atoms with E-state index >= 15 is 0 Å². The van der Waals surface area contributed by atoms with Gasteiger partial charge >= 0.3 is 6.01 Å². The smallest absolute Gasteiger partial charge is 0.302 e. The predicted octanol–water partition coefficient (Wildman–Crippen LogP) is 1.51. The highest BCUT2D eigenvalue weighted by Gasteiger charge is 2.07. The Labute approximate surface area is 114 Å². The van der Waals surface area contributed by atoms with E-state index in [-0.39, 0.29) is 11.6 Å². The molecule has 0 aliphatic carbocycles. The van der Waals surface area contributed by atoms with Crippen LogP contribution in [-0.4, -0.2) is 19.7 Å². The predicted molar refractivity (Wildman–Crippen MR) is 74.8 cm³/mol.